The molecule has 0 saturated heterocycles. The van der Waals surface area contributed by atoms with E-state index in [1.807, 2.05) is 0 Å². The van der Waals surface area contributed by atoms with Crippen LogP contribution in [0.15, 0.2) is 59.8 Å². The molecule has 3 aromatic rings. The summed E-state index contributed by atoms with van der Waals surface area (Å²) >= 11 is 6.25. The van der Waals surface area contributed by atoms with E-state index in [1.54, 1.807) is 61.1 Å². The molecule has 2 aromatic carbocycles. The molecular weight excluding hydrogens is 452 g/mol. The van der Waals surface area contributed by atoms with Gasteiger partial charge in [-0.3, -0.25) is 9.48 Å². The summed E-state index contributed by atoms with van der Waals surface area (Å²) < 4.78 is 26.4. The zero-order valence-electron chi connectivity index (χ0n) is 17.7. The number of carbonyl (C=O) groups excluding carboxylic acids is 1. The molecule has 0 radical (unpaired) electrons. The molecule has 170 valence electrons. The van der Waals surface area contributed by atoms with Gasteiger partial charge in [0, 0.05) is 28.9 Å². The molecule has 5 N–H and O–H groups in total. The fraction of sp³-hybridized carbons (Fsp3) is 0.273. The molecule has 32 heavy (non-hydrogen) atoms. The van der Waals surface area contributed by atoms with Crippen LogP contribution in [0.4, 0.5) is 0 Å². The maximum absolute atomic E-state index is 12.4. The van der Waals surface area contributed by atoms with E-state index in [2.05, 4.69) is 5.10 Å². The van der Waals surface area contributed by atoms with E-state index >= 15 is 0 Å². The lowest BCUT2D eigenvalue weighted by Gasteiger charge is -2.18. The summed E-state index contributed by atoms with van der Waals surface area (Å²) in [5, 5.41) is 20.0. The van der Waals surface area contributed by atoms with Gasteiger partial charge in [0.05, 0.1) is 22.6 Å². The summed E-state index contributed by atoms with van der Waals surface area (Å²) in [7, 11) is -4.14. The maximum atomic E-state index is 12.4. The number of nitrogens with two attached hydrogens (primary N) is 2. The van der Waals surface area contributed by atoms with Gasteiger partial charge in [-0.2, -0.15) is 5.10 Å². The largest absolute Gasteiger partial charge is 0.390 e. The van der Waals surface area contributed by atoms with Crippen molar-refractivity contribution in [1.82, 2.24) is 9.78 Å². The van der Waals surface area contributed by atoms with Gasteiger partial charge < -0.3 is 10.8 Å². The molecule has 1 amide bonds. The van der Waals surface area contributed by atoms with Gasteiger partial charge in [-0.25, -0.2) is 13.6 Å². The van der Waals surface area contributed by atoms with Crippen molar-refractivity contribution < 1.29 is 18.3 Å². The van der Waals surface area contributed by atoms with Crippen LogP contribution >= 0.6 is 11.6 Å². The Bertz CT molecular complexity index is 1250. The Morgan fingerprint density at radius 1 is 1.25 bits per heavy atom. The minimum atomic E-state index is -4.14. The third kappa shape index (κ3) is 5.55. The molecular formula is C22H25ClN4O4S. The number of aromatic nitrogens is 2. The number of rotatable bonds is 8. The van der Waals surface area contributed by atoms with Crippen molar-refractivity contribution in [3.63, 3.8) is 0 Å². The quantitative estimate of drug-likeness (QED) is 0.458. The van der Waals surface area contributed by atoms with Crippen LogP contribution in [0.5, 0.6) is 0 Å². The summed E-state index contributed by atoms with van der Waals surface area (Å²) in [4.78, 5) is 12.1. The highest BCUT2D eigenvalue weighted by Crippen LogP contribution is 2.34. The maximum Gasteiger partial charge on any atom is 0.238 e. The SMILES string of the molecule is CC(C)(O)CCn1cc(-c2ccc(C(C(N)=O)c3ccccc3Cl)cc2S(N)(=O)=O)cn1. The molecule has 1 atom stereocenters. The molecule has 0 saturated carbocycles. The van der Waals surface area contributed by atoms with Crippen molar-refractivity contribution in [2.24, 2.45) is 10.9 Å². The molecule has 0 fully saturated rings. The average Bonchev–Trinajstić information content (AvgIpc) is 3.15. The highest BCUT2D eigenvalue weighted by atomic mass is 35.5. The monoisotopic (exact) mass is 476 g/mol. The first-order valence-electron chi connectivity index (χ1n) is 9.82. The Morgan fingerprint density at radius 3 is 2.53 bits per heavy atom. The van der Waals surface area contributed by atoms with Gasteiger partial charge in [0.2, 0.25) is 15.9 Å². The van der Waals surface area contributed by atoms with Gasteiger partial charge in [0.15, 0.2) is 0 Å². The summed E-state index contributed by atoms with van der Waals surface area (Å²) in [5.41, 5.74) is 6.47. The minimum absolute atomic E-state index is 0.157. The Morgan fingerprint density at radius 2 is 1.94 bits per heavy atom. The number of sulfonamides is 1. The van der Waals surface area contributed by atoms with Gasteiger partial charge in [-0.15, -0.1) is 0 Å². The van der Waals surface area contributed by atoms with E-state index in [-0.39, 0.29) is 4.90 Å². The lowest BCUT2D eigenvalue weighted by Crippen LogP contribution is -2.23. The zero-order chi connectivity index (χ0) is 23.7. The molecule has 1 heterocycles. The lowest BCUT2D eigenvalue weighted by atomic mass is 9.89. The van der Waals surface area contributed by atoms with Gasteiger partial charge in [-0.05, 0) is 43.5 Å². The topological polar surface area (TPSA) is 141 Å². The summed E-state index contributed by atoms with van der Waals surface area (Å²) in [6.45, 7) is 3.84. The van der Waals surface area contributed by atoms with Crippen molar-refractivity contribution in [2.45, 2.75) is 43.2 Å². The Kier molecular flexibility index (Phi) is 6.75. The first-order valence-corrected chi connectivity index (χ1v) is 11.7. The number of nitrogens with zero attached hydrogens (tertiary/aromatic N) is 2. The summed E-state index contributed by atoms with van der Waals surface area (Å²) in [6, 6.07) is 11.3. The number of aliphatic hydroxyl groups is 1. The van der Waals surface area contributed by atoms with E-state index in [1.165, 1.54) is 12.3 Å². The molecule has 0 aliphatic rings. The molecule has 1 aromatic heterocycles. The number of carbonyl (C=O) groups is 1. The number of hydrogen-bond donors (Lipinski definition) is 3. The van der Waals surface area contributed by atoms with Crippen molar-refractivity contribution in [3.05, 3.63) is 71.0 Å². The fourth-order valence-electron chi connectivity index (χ4n) is 3.41. The van der Waals surface area contributed by atoms with Gasteiger partial charge >= 0.3 is 0 Å². The number of benzene rings is 2. The molecule has 0 aliphatic heterocycles. The van der Waals surface area contributed by atoms with Crippen LogP contribution in [0.25, 0.3) is 11.1 Å². The molecule has 3 rings (SSSR count). The van der Waals surface area contributed by atoms with Crippen molar-refractivity contribution in [2.75, 3.05) is 0 Å². The van der Waals surface area contributed by atoms with Crippen molar-refractivity contribution in [1.29, 1.82) is 0 Å². The van der Waals surface area contributed by atoms with Crippen LogP contribution in [0, 0.1) is 0 Å². The number of halogens is 1. The first kappa shape index (κ1) is 23.9. The Balaban J connectivity index is 2.07. The number of primary sulfonamides is 1. The third-order valence-electron chi connectivity index (χ3n) is 5.04. The highest BCUT2D eigenvalue weighted by molar-refractivity contribution is 7.89. The predicted molar refractivity (Wildman–Crippen MR) is 122 cm³/mol. The lowest BCUT2D eigenvalue weighted by molar-refractivity contribution is -0.118. The molecule has 8 nitrogen and oxygen atoms in total. The number of amides is 1. The Hall–Kier alpha value is -2.72. The average molecular weight is 477 g/mol. The molecule has 0 aliphatic carbocycles. The standard InChI is InChI=1S/C22H25ClN4O4S/c1-22(2,29)9-10-27-13-15(12-26-27)16-8-7-14(11-19(16)32(25,30)31)20(21(24)28)17-5-3-4-6-18(17)23/h3-8,11-13,20,29H,9-10H2,1-2H3,(H2,24,28)(H2,25,30,31). The number of primary amides is 1. The van der Waals surface area contributed by atoms with Gasteiger partial charge in [0.1, 0.15) is 0 Å². The zero-order valence-corrected chi connectivity index (χ0v) is 19.3. The predicted octanol–water partition coefficient (Wildman–Crippen LogP) is 2.63. The van der Waals surface area contributed by atoms with Crippen LogP contribution in [-0.4, -0.2) is 34.8 Å². The first-order chi connectivity index (χ1) is 14.9. The molecule has 1 unspecified atom stereocenters. The fourth-order valence-corrected chi connectivity index (χ4v) is 4.45. The van der Waals surface area contributed by atoms with E-state index in [0.717, 1.165) is 0 Å². The van der Waals surface area contributed by atoms with E-state index in [9.17, 15) is 18.3 Å². The second-order valence-corrected chi connectivity index (χ2v) is 10.1. The molecule has 0 bridgehead atoms. The molecule has 0 spiro atoms. The van der Waals surface area contributed by atoms with Crippen LogP contribution in [0.1, 0.15) is 37.3 Å². The highest BCUT2D eigenvalue weighted by Gasteiger charge is 2.26. The van der Waals surface area contributed by atoms with Crippen molar-refractivity contribution in [3.8, 4) is 11.1 Å². The second-order valence-electron chi connectivity index (χ2n) is 8.21. The van der Waals surface area contributed by atoms with E-state index in [4.69, 9.17) is 22.5 Å². The summed E-state index contributed by atoms with van der Waals surface area (Å²) in [6.07, 6.45) is 3.66. The number of aryl methyl sites for hydroxylation is 1. The van der Waals surface area contributed by atoms with Crippen LogP contribution < -0.4 is 10.9 Å². The van der Waals surface area contributed by atoms with Crippen LogP contribution in [0.3, 0.4) is 0 Å². The normalized spacial score (nSPS) is 13.2. The van der Waals surface area contributed by atoms with E-state index in [0.29, 0.717) is 40.2 Å². The van der Waals surface area contributed by atoms with Gasteiger partial charge in [-0.1, -0.05) is 41.9 Å². The summed E-state index contributed by atoms with van der Waals surface area (Å²) in [5.74, 6) is -1.63. The van der Waals surface area contributed by atoms with Crippen LogP contribution in [0.2, 0.25) is 5.02 Å². The Labute approximate surface area is 191 Å². The minimum Gasteiger partial charge on any atom is -0.390 e. The van der Waals surface area contributed by atoms with Crippen LogP contribution in [-0.2, 0) is 21.4 Å². The third-order valence-corrected chi connectivity index (χ3v) is 6.34. The number of hydrogen-bond acceptors (Lipinski definition) is 5. The molecule has 10 heteroatoms. The smallest absolute Gasteiger partial charge is 0.238 e. The van der Waals surface area contributed by atoms with Gasteiger partial charge in [0.25, 0.3) is 0 Å². The van der Waals surface area contributed by atoms with Crippen molar-refractivity contribution >= 4 is 27.5 Å². The second kappa shape index (κ2) is 9.03. The van der Waals surface area contributed by atoms with E-state index < -0.39 is 27.4 Å².